The van der Waals surface area contributed by atoms with Crippen LogP contribution in [0.15, 0.2) is 30.3 Å². The number of hydrogen-bond acceptors (Lipinski definition) is 1. The second-order valence-corrected chi connectivity index (χ2v) is 3.98. The van der Waals surface area contributed by atoms with E-state index in [2.05, 4.69) is 31.2 Å². The van der Waals surface area contributed by atoms with Gasteiger partial charge < -0.3 is 5.11 Å². The highest BCUT2D eigenvalue weighted by atomic mass is 16.3. The van der Waals surface area contributed by atoms with E-state index >= 15 is 0 Å². The van der Waals surface area contributed by atoms with Gasteiger partial charge >= 0.3 is 0 Å². The average Bonchev–Trinajstić information content (AvgIpc) is 2.81. The maximum Gasteiger partial charge on any atom is 0.0490 e. The molecule has 2 atom stereocenters. The van der Waals surface area contributed by atoms with Crippen molar-refractivity contribution in [3.63, 3.8) is 0 Å². The molecule has 1 saturated carbocycles. The van der Waals surface area contributed by atoms with Crippen LogP contribution >= 0.6 is 0 Å². The minimum absolute atomic E-state index is 0.168. The molecule has 1 heteroatoms. The van der Waals surface area contributed by atoms with Crippen molar-refractivity contribution in [2.75, 3.05) is 6.61 Å². The molecule has 0 spiro atoms. The van der Waals surface area contributed by atoms with Crippen molar-refractivity contribution in [1.82, 2.24) is 0 Å². The van der Waals surface area contributed by atoms with E-state index in [9.17, 15) is 0 Å². The summed E-state index contributed by atoms with van der Waals surface area (Å²) in [4.78, 5) is 0. The van der Waals surface area contributed by atoms with Gasteiger partial charge in [0.15, 0.2) is 0 Å². The molecule has 0 bridgehead atoms. The smallest absolute Gasteiger partial charge is 0.0490 e. The maximum absolute atomic E-state index is 9.10. The molecule has 0 radical (unpaired) electrons. The summed E-state index contributed by atoms with van der Waals surface area (Å²) < 4.78 is 0. The minimum atomic E-state index is 0.168. The Balaban J connectivity index is 2.16. The fourth-order valence-electron chi connectivity index (χ4n) is 1.79. The van der Waals surface area contributed by atoms with Crippen molar-refractivity contribution in [3.8, 4) is 0 Å². The summed E-state index contributed by atoms with van der Waals surface area (Å²) in [5, 5.41) is 9.10. The first kappa shape index (κ1) is 7.81. The summed E-state index contributed by atoms with van der Waals surface area (Å²) in [6.45, 7) is 2.46. The average molecular weight is 162 g/mol. The molecular formula is C11H14O. The second kappa shape index (κ2) is 2.60. The number of aliphatic hydroxyl groups excluding tert-OH is 1. The molecule has 1 aliphatic carbocycles. The van der Waals surface area contributed by atoms with E-state index in [4.69, 9.17) is 5.11 Å². The third kappa shape index (κ3) is 1.14. The summed E-state index contributed by atoms with van der Waals surface area (Å²) in [6, 6.07) is 10.4. The first-order valence-corrected chi connectivity index (χ1v) is 4.42. The lowest BCUT2D eigenvalue weighted by atomic mass is 10.0. The molecule has 0 amide bonds. The van der Waals surface area contributed by atoms with Crippen LogP contribution in [-0.4, -0.2) is 11.7 Å². The Labute approximate surface area is 73.0 Å². The summed E-state index contributed by atoms with van der Waals surface area (Å²) in [6.07, 6.45) is 1.13. The summed E-state index contributed by atoms with van der Waals surface area (Å²) in [5.41, 5.74) is 1.54. The quantitative estimate of drug-likeness (QED) is 0.706. The third-order valence-electron chi connectivity index (χ3n) is 2.91. The fourth-order valence-corrected chi connectivity index (χ4v) is 1.79. The number of aliphatic hydroxyl groups is 1. The molecule has 0 heterocycles. The van der Waals surface area contributed by atoms with Gasteiger partial charge in [0.25, 0.3) is 0 Å². The van der Waals surface area contributed by atoms with Gasteiger partial charge in [0.2, 0.25) is 0 Å². The van der Waals surface area contributed by atoms with Crippen LogP contribution in [0.25, 0.3) is 0 Å². The van der Waals surface area contributed by atoms with E-state index < -0.39 is 0 Å². The molecule has 1 nitrogen and oxygen atoms in total. The maximum atomic E-state index is 9.10. The molecule has 1 aromatic rings. The SMILES string of the molecule is C[C@]1(CO)C[C@@H]1c1ccccc1. The van der Waals surface area contributed by atoms with Crippen LogP contribution in [0.3, 0.4) is 0 Å². The molecule has 0 aromatic heterocycles. The Morgan fingerprint density at radius 1 is 1.42 bits per heavy atom. The largest absolute Gasteiger partial charge is 0.396 e. The van der Waals surface area contributed by atoms with Crippen LogP contribution in [0.5, 0.6) is 0 Å². The van der Waals surface area contributed by atoms with Crippen molar-refractivity contribution in [2.45, 2.75) is 19.3 Å². The molecule has 0 unspecified atom stereocenters. The third-order valence-corrected chi connectivity index (χ3v) is 2.91. The molecule has 1 aliphatic rings. The topological polar surface area (TPSA) is 20.2 Å². The Morgan fingerprint density at radius 2 is 2.08 bits per heavy atom. The molecular weight excluding hydrogens is 148 g/mol. The molecule has 1 fully saturated rings. The first-order chi connectivity index (χ1) is 5.76. The lowest BCUT2D eigenvalue weighted by Gasteiger charge is -2.05. The first-order valence-electron chi connectivity index (χ1n) is 4.42. The zero-order chi connectivity index (χ0) is 8.60. The van der Waals surface area contributed by atoms with Gasteiger partial charge in [-0.3, -0.25) is 0 Å². The molecule has 0 saturated heterocycles. The Kier molecular flexibility index (Phi) is 1.69. The number of hydrogen-bond donors (Lipinski definition) is 1. The Morgan fingerprint density at radius 3 is 2.58 bits per heavy atom. The van der Waals surface area contributed by atoms with Crippen LogP contribution in [0, 0.1) is 5.41 Å². The highest BCUT2D eigenvalue weighted by molar-refractivity contribution is 5.28. The lowest BCUT2D eigenvalue weighted by molar-refractivity contribution is 0.220. The number of benzene rings is 1. The van der Waals surface area contributed by atoms with E-state index in [0.29, 0.717) is 12.5 Å². The molecule has 2 rings (SSSR count). The zero-order valence-corrected chi connectivity index (χ0v) is 7.33. The van der Waals surface area contributed by atoms with Crippen molar-refractivity contribution in [3.05, 3.63) is 35.9 Å². The predicted octanol–water partition coefficient (Wildman–Crippen LogP) is 2.17. The van der Waals surface area contributed by atoms with Crippen LogP contribution in [0.4, 0.5) is 0 Å². The van der Waals surface area contributed by atoms with Crippen molar-refractivity contribution in [1.29, 1.82) is 0 Å². The minimum Gasteiger partial charge on any atom is -0.396 e. The van der Waals surface area contributed by atoms with Gasteiger partial charge in [-0.2, -0.15) is 0 Å². The van der Waals surface area contributed by atoms with E-state index in [1.165, 1.54) is 5.56 Å². The summed E-state index contributed by atoms with van der Waals surface area (Å²) in [5.74, 6) is 0.587. The predicted molar refractivity (Wildman–Crippen MR) is 49.0 cm³/mol. The van der Waals surface area contributed by atoms with E-state index in [0.717, 1.165) is 6.42 Å². The van der Waals surface area contributed by atoms with Gasteiger partial charge in [0.05, 0.1) is 0 Å². The van der Waals surface area contributed by atoms with Crippen LogP contribution in [0.2, 0.25) is 0 Å². The van der Waals surface area contributed by atoms with E-state index in [1.54, 1.807) is 0 Å². The van der Waals surface area contributed by atoms with Gasteiger partial charge in [-0.05, 0) is 23.3 Å². The van der Waals surface area contributed by atoms with E-state index in [-0.39, 0.29) is 5.41 Å². The zero-order valence-electron chi connectivity index (χ0n) is 7.33. The van der Waals surface area contributed by atoms with Gasteiger partial charge in [-0.25, -0.2) is 0 Å². The highest BCUT2D eigenvalue weighted by Gasteiger charge is 2.49. The van der Waals surface area contributed by atoms with Gasteiger partial charge in [0.1, 0.15) is 0 Å². The van der Waals surface area contributed by atoms with E-state index in [1.807, 2.05) is 6.07 Å². The molecule has 64 valence electrons. The van der Waals surface area contributed by atoms with Crippen molar-refractivity contribution >= 4 is 0 Å². The molecule has 12 heavy (non-hydrogen) atoms. The Hall–Kier alpha value is -0.820. The molecule has 1 aromatic carbocycles. The molecule has 1 N–H and O–H groups in total. The van der Waals surface area contributed by atoms with Crippen molar-refractivity contribution in [2.24, 2.45) is 5.41 Å². The van der Waals surface area contributed by atoms with Gasteiger partial charge in [-0.1, -0.05) is 37.3 Å². The standard InChI is InChI=1S/C11H14O/c1-11(8-12)7-10(11)9-5-3-2-4-6-9/h2-6,10,12H,7-8H2,1H3/t10-,11-/m1/s1. The van der Waals surface area contributed by atoms with Crippen LogP contribution in [-0.2, 0) is 0 Å². The van der Waals surface area contributed by atoms with Crippen LogP contribution in [0.1, 0.15) is 24.8 Å². The van der Waals surface area contributed by atoms with Crippen molar-refractivity contribution < 1.29 is 5.11 Å². The highest BCUT2D eigenvalue weighted by Crippen LogP contribution is 2.58. The summed E-state index contributed by atoms with van der Waals surface area (Å²) >= 11 is 0. The number of rotatable bonds is 2. The normalized spacial score (nSPS) is 33.3. The summed E-state index contributed by atoms with van der Waals surface area (Å²) in [7, 11) is 0. The molecule has 0 aliphatic heterocycles. The lowest BCUT2D eigenvalue weighted by Crippen LogP contribution is -2.02. The van der Waals surface area contributed by atoms with Gasteiger partial charge in [0, 0.05) is 6.61 Å². The second-order valence-electron chi connectivity index (χ2n) is 3.98. The monoisotopic (exact) mass is 162 g/mol. The van der Waals surface area contributed by atoms with Gasteiger partial charge in [-0.15, -0.1) is 0 Å². The fraction of sp³-hybridized carbons (Fsp3) is 0.455. The van der Waals surface area contributed by atoms with Crippen LogP contribution < -0.4 is 0 Å². The Bertz CT molecular complexity index is 268.